The van der Waals surface area contributed by atoms with Crippen LogP contribution in [0.15, 0.2) is 41.7 Å². The number of fused-ring (bicyclic) bond motifs is 2. The van der Waals surface area contributed by atoms with Crippen LogP contribution in [0.2, 0.25) is 0 Å². The van der Waals surface area contributed by atoms with E-state index in [0.29, 0.717) is 50.3 Å². The maximum atomic E-state index is 14.6. The van der Waals surface area contributed by atoms with Crippen molar-refractivity contribution < 1.29 is 9.13 Å². The maximum absolute atomic E-state index is 14.6. The van der Waals surface area contributed by atoms with Gasteiger partial charge in [-0.05, 0) is 36.6 Å². The lowest BCUT2D eigenvalue weighted by Crippen LogP contribution is -2.17. The first-order valence-electron chi connectivity index (χ1n) is 9.37. The van der Waals surface area contributed by atoms with Gasteiger partial charge in [0, 0.05) is 22.7 Å². The van der Waals surface area contributed by atoms with Gasteiger partial charge in [0.1, 0.15) is 11.3 Å². The fourth-order valence-electron chi connectivity index (χ4n) is 3.57. The lowest BCUT2D eigenvalue weighted by atomic mass is 10.0. The molecule has 7 nitrogen and oxygen atoms in total. The molecule has 0 saturated heterocycles. The number of hydrogen-bond donors (Lipinski definition) is 2. The highest BCUT2D eigenvalue weighted by atomic mass is 32.2. The van der Waals surface area contributed by atoms with Crippen molar-refractivity contribution >= 4 is 39.5 Å². The summed E-state index contributed by atoms with van der Waals surface area (Å²) in [6.45, 7) is 0.114. The van der Waals surface area contributed by atoms with Crippen molar-refractivity contribution in [3.63, 3.8) is 0 Å². The first-order valence-corrected chi connectivity index (χ1v) is 10.2. The van der Waals surface area contributed by atoms with Gasteiger partial charge in [-0.1, -0.05) is 17.7 Å². The number of halogens is 1. The van der Waals surface area contributed by atoms with Crippen LogP contribution >= 0.6 is 11.8 Å². The van der Waals surface area contributed by atoms with Gasteiger partial charge in [-0.2, -0.15) is 0 Å². The van der Waals surface area contributed by atoms with Crippen LogP contribution in [-0.2, 0) is 0 Å². The Morgan fingerprint density at radius 1 is 1.33 bits per heavy atom. The molecule has 3 unspecified atom stereocenters. The number of thioether (sulfide) groups is 1. The second-order valence-corrected chi connectivity index (χ2v) is 8.32. The molecular formula is C21H17FN6OS. The van der Waals surface area contributed by atoms with Crippen LogP contribution in [-0.4, -0.2) is 32.0 Å². The summed E-state index contributed by atoms with van der Waals surface area (Å²) in [6, 6.07) is 6.34. The monoisotopic (exact) mass is 420 g/mol. The van der Waals surface area contributed by atoms with Gasteiger partial charge in [0.25, 0.3) is 0 Å². The minimum atomic E-state index is -0.291. The van der Waals surface area contributed by atoms with Crippen molar-refractivity contribution in [2.24, 2.45) is 16.6 Å². The van der Waals surface area contributed by atoms with Crippen LogP contribution in [0.5, 0.6) is 5.88 Å². The van der Waals surface area contributed by atoms with Gasteiger partial charge in [-0.25, -0.2) is 19.3 Å². The highest BCUT2D eigenvalue weighted by Gasteiger charge is 2.48. The molecule has 0 radical (unpaired) electrons. The largest absolute Gasteiger partial charge is 0.463 e. The number of hydrogen-bond acceptors (Lipinski definition) is 8. The molecule has 3 atom stereocenters. The van der Waals surface area contributed by atoms with Gasteiger partial charge in [-0.3, -0.25) is 4.99 Å². The number of nitrogens with zero attached hydrogens (tertiary/aromatic N) is 4. The van der Waals surface area contributed by atoms with E-state index in [1.54, 1.807) is 36.2 Å². The minimum absolute atomic E-state index is 0.114. The first-order chi connectivity index (χ1) is 14.6. The van der Waals surface area contributed by atoms with Gasteiger partial charge in [0.15, 0.2) is 17.6 Å². The first kappa shape index (κ1) is 18.6. The van der Waals surface area contributed by atoms with Gasteiger partial charge < -0.3 is 15.8 Å². The number of benzene rings is 1. The van der Waals surface area contributed by atoms with Crippen molar-refractivity contribution in [1.29, 1.82) is 0 Å². The van der Waals surface area contributed by atoms with Crippen molar-refractivity contribution in [2.45, 2.75) is 17.7 Å². The third-order valence-corrected chi connectivity index (χ3v) is 6.23. The van der Waals surface area contributed by atoms with E-state index in [0.717, 1.165) is 6.42 Å². The van der Waals surface area contributed by atoms with Crippen molar-refractivity contribution in [2.75, 3.05) is 11.9 Å². The summed E-state index contributed by atoms with van der Waals surface area (Å²) in [5, 5.41) is 4.17. The normalized spacial score (nSPS) is 22.0. The lowest BCUT2D eigenvalue weighted by Gasteiger charge is -2.19. The summed E-state index contributed by atoms with van der Waals surface area (Å²) in [7, 11) is 0. The zero-order chi connectivity index (χ0) is 20.7. The molecule has 1 aromatic carbocycles. The van der Waals surface area contributed by atoms with E-state index in [1.807, 2.05) is 0 Å². The molecule has 2 aromatic heterocycles. The van der Waals surface area contributed by atoms with Crippen LogP contribution in [0.1, 0.15) is 18.0 Å². The topological polar surface area (TPSA) is 98.3 Å². The number of nitrogens with one attached hydrogen (secondary N) is 1. The minimum Gasteiger partial charge on any atom is -0.463 e. The summed E-state index contributed by atoms with van der Waals surface area (Å²) in [5.74, 6) is 3.27. The molecule has 9 heteroatoms. The van der Waals surface area contributed by atoms with E-state index in [9.17, 15) is 4.39 Å². The predicted molar refractivity (Wildman–Crippen MR) is 115 cm³/mol. The van der Waals surface area contributed by atoms with E-state index in [1.165, 1.54) is 12.3 Å². The van der Waals surface area contributed by atoms with E-state index in [4.69, 9.17) is 16.9 Å². The highest BCUT2D eigenvalue weighted by Crippen LogP contribution is 2.54. The SMILES string of the molecule is C#CCOc1cnc2c(Nc3ccc(F)c(C4N=C(N)SC5CC54)c3)nccc2n1. The molecular weight excluding hydrogens is 403 g/mol. The molecule has 1 aliphatic carbocycles. The van der Waals surface area contributed by atoms with Crippen LogP contribution < -0.4 is 15.8 Å². The summed E-state index contributed by atoms with van der Waals surface area (Å²) < 4.78 is 19.9. The average molecular weight is 420 g/mol. The number of ether oxygens (including phenoxy) is 1. The summed E-state index contributed by atoms with van der Waals surface area (Å²) in [4.78, 5) is 17.6. The highest BCUT2D eigenvalue weighted by molar-refractivity contribution is 8.14. The van der Waals surface area contributed by atoms with Gasteiger partial charge in [0.05, 0.1) is 17.8 Å². The Kier molecular flexibility index (Phi) is 4.64. The molecule has 3 N–H and O–H groups in total. The van der Waals surface area contributed by atoms with E-state index < -0.39 is 0 Å². The molecule has 0 spiro atoms. The fourth-order valence-corrected chi connectivity index (χ4v) is 4.69. The molecule has 1 saturated carbocycles. The molecule has 30 heavy (non-hydrogen) atoms. The Labute approximate surface area is 176 Å². The summed E-state index contributed by atoms with van der Waals surface area (Å²) in [5.41, 5.74) is 8.31. The fraction of sp³-hybridized carbons (Fsp3) is 0.238. The summed E-state index contributed by atoms with van der Waals surface area (Å²) in [6.07, 6.45) is 9.32. The zero-order valence-corrected chi connectivity index (χ0v) is 16.6. The maximum Gasteiger partial charge on any atom is 0.233 e. The smallest absolute Gasteiger partial charge is 0.233 e. The lowest BCUT2D eigenvalue weighted by molar-refractivity contribution is 0.355. The third-order valence-electron chi connectivity index (χ3n) is 5.04. The molecule has 2 aliphatic rings. The third kappa shape index (κ3) is 3.50. The Balaban J connectivity index is 1.46. The number of nitrogens with two attached hydrogens (primary N) is 1. The zero-order valence-electron chi connectivity index (χ0n) is 15.7. The van der Waals surface area contributed by atoms with Crippen LogP contribution in [0.4, 0.5) is 15.9 Å². The Morgan fingerprint density at radius 3 is 3.10 bits per heavy atom. The molecule has 1 fully saturated rings. The molecule has 0 amide bonds. The summed E-state index contributed by atoms with van der Waals surface area (Å²) >= 11 is 1.58. The van der Waals surface area contributed by atoms with Gasteiger partial charge in [-0.15, -0.1) is 6.42 Å². The number of anilines is 2. The van der Waals surface area contributed by atoms with Gasteiger partial charge >= 0.3 is 0 Å². The molecule has 0 bridgehead atoms. The van der Waals surface area contributed by atoms with Crippen molar-refractivity contribution in [1.82, 2.24) is 15.0 Å². The number of amidine groups is 1. The van der Waals surface area contributed by atoms with E-state index >= 15 is 0 Å². The Bertz CT molecular complexity index is 1210. The molecule has 3 heterocycles. The molecule has 150 valence electrons. The Hall–Kier alpha value is -3.38. The molecule has 1 aliphatic heterocycles. The number of aliphatic imine (C=N–C) groups is 1. The molecule has 5 rings (SSSR count). The Morgan fingerprint density at radius 2 is 2.23 bits per heavy atom. The number of terminal acetylenes is 1. The van der Waals surface area contributed by atoms with E-state index in [2.05, 4.69) is 31.2 Å². The van der Waals surface area contributed by atoms with Crippen molar-refractivity contribution in [3.05, 3.63) is 48.0 Å². The van der Waals surface area contributed by atoms with Gasteiger partial charge in [0.2, 0.25) is 5.88 Å². The van der Waals surface area contributed by atoms with Crippen molar-refractivity contribution in [3.8, 4) is 18.2 Å². The number of pyridine rings is 1. The second-order valence-electron chi connectivity index (χ2n) is 7.06. The average Bonchev–Trinajstić information content (AvgIpc) is 3.52. The number of aromatic nitrogens is 3. The van der Waals surface area contributed by atoms with Crippen LogP contribution in [0.3, 0.4) is 0 Å². The predicted octanol–water partition coefficient (Wildman–Crippen LogP) is 3.41. The molecule has 3 aromatic rings. The standard InChI is InChI=1S/C21H17FN6OS/c1-2-7-29-17-10-25-19-15(27-17)5-6-24-20(19)26-11-3-4-14(22)12(8-11)18-13-9-16(13)30-21(23)28-18/h1,3-6,8,10,13,16,18H,7,9H2,(H2,23,28)(H,24,26). The van der Waals surface area contributed by atoms with Crippen LogP contribution in [0.25, 0.3) is 11.0 Å². The van der Waals surface area contributed by atoms with Crippen LogP contribution in [0, 0.1) is 24.1 Å². The number of rotatable bonds is 5. The second kappa shape index (κ2) is 7.46. The van der Waals surface area contributed by atoms with E-state index in [-0.39, 0.29) is 18.5 Å². The quantitative estimate of drug-likeness (QED) is 0.610.